The molecule has 0 unspecified atom stereocenters. The smallest absolute Gasteiger partial charge is 0.341 e. The van der Waals surface area contributed by atoms with Crippen LogP contribution in [0.2, 0.25) is 0 Å². The highest BCUT2D eigenvalue weighted by atomic mass is 32.1. The minimum absolute atomic E-state index is 0.298. The molecule has 1 aliphatic carbocycles. The molecule has 1 aromatic carbocycles. The molecule has 1 heterocycles. The molecule has 1 N–H and O–H groups in total. The number of anilines is 1. The number of rotatable bonds is 7. The summed E-state index contributed by atoms with van der Waals surface area (Å²) in [4.78, 5) is 26.4. The van der Waals surface area contributed by atoms with Gasteiger partial charge in [-0.25, -0.2) is 4.79 Å². The second-order valence-electron chi connectivity index (χ2n) is 6.56. The standard InChI is InChI=1S/C21H25NO5S/c1-4-26-21(24)18-16-10-5-6-11-17(16)28-20(18)22-19(23)13(2)27-15-9-7-8-14(12-15)25-3/h7-9,12-13H,4-6,10-11H2,1-3H3,(H,22,23)/t13-/m1/s1. The van der Waals surface area contributed by atoms with E-state index in [1.165, 1.54) is 11.3 Å². The molecular weight excluding hydrogens is 378 g/mol. The van der Waals surface area contributed by atoms with E-state index in [1.54, 1.807) is 45.2 Å². The summed E-state index contributed by atoms with van der Waals surface area (Å²) >= 11 is 1.47. The molecule has 1 aliphatic rings. The number of fused-ring (bicyclic) bond motifs is 1. The number of benzene rings is 1. The zero-order valence-corrected chi connectivity index (χ0v) is 17.2. The van der Waals surface area contributed by atoms with Gasteiger partial charge in [0, 0.05) is 10.9 Å². The molecule has 28 heavy (non-hydrogen) atoms. The summed E-state index contributed by atoms with van der Waals surface area (Å²) in [6.45, 7) is 3.75. The molecule has 3 rings (SSSR count). The number of aryl methyl sites for hydroxylation is 1. The Balaban J connectivity index is 1.77. The van der Waals surface area contributed by atoms with Crippen molar-refractivity contribution in [1.82, 2.24) is 0 Å². The third-order valence-electron chi connectivity index (χ3n) is 4.61. The summed E-state index contributed by atoms with van der Waals surface area (Å²) in [6.07, 6.45) is 3.17. The van der Waals surface area contributed by atoms with Crippen LogP contribution in [0.15, 0.2) is 24.3 Å². The van der Waals surface area contributed by atoms with Gasteiger partial charge in [-0.3, -0.25) is 4.79 Å². The quantitative estimate of drug-likeness (QED) is 0.701. The van der Waals surface area contributed by atoms with Gasteiger partial charge < -0.3 is 19.5 Å². The van der Waals surface area contributed by atoms with Crippen LogP contribution in [0, 0.1) is 0 Å². The van der Waals surface area contributed by atoms with E-state index in [4.69, 9.17) is 14.2 Å². The number of thiophene rings is 1. The molecule has 0 radical (unpaired) electrons. The van der Waals surface area contributed by atoms with Crippen LogP contribution in [-0.2, 0) is 22.4 Å². The molecule has 7 heteroatoms. The Morgan fingerprint density at radius 2 is 1.96 bits per heavy atom. The van der Waals surface area contributed by atoms with E-state index in [9.17, 15) is 9.59 Å². The van der Waals surface area contributed by atoms with E-state index in [0.29, 0.717) is 28.7 Å². The van der Waals surface area contributed by atoms with Gasteiger partial charge in [0.1, 0.15) is 16.5 Å². The molecule has 0 saturated heterocycles. The van der Waals surface area contributed by atoms with Crippen molar-refractivity contribution in [3.05, 3.63) is 40.3 Å². The predicted octanol–water partition coefficient (Wildman–Crippen LogP) is 4.22. The number of amides is 1. The maximum atomic E-state index is 12.7. The number of ether oxygens (including phenoxy) is 3. The van der Waals surface area contributed by atoms with Crippen LogP contribution >= 0.6 is 11.3 Å². The molecule has 6 nitrogen and oxygen atoms in total. The first-order chi connectivity index (χ1) is 13.5. The van der Waals surface area contributed by atoms with Gasteiger partial charge in [-0.05, 0) is 57.2 Å². The van der Waals surface area contributed by atoms with E-state index in [2.05, 4.69) is 5.32 Å². The van der Waals surface area contributed by atoms with Gasteiger partial charge >= 0.3 is 5.97 Å². The van der Waals surface area contributed by atoms with E-state index >= 15 is 0 Å². The van der Waals surface area contributed by atoms with Gasteiger partial charge in [0.2, 0.25) is 0 Å². The van der Waals surface area contributed by atoms with Crippen LogP contribution in [0.5, 0.6) is 11.5 Å². The zero-order chi connectivity index (χ0) is 20.1. The van der Waals surface area contributed by atoms with Crippen molar-refractivity contribution in [1.29, 1.82) is 0 Å². The molecular formula is C21H25NO5S. The number of methoxy groups -OCH3 is 1. The van der Waals surface area contributed by atoms with Crippen molar-refractivity contribution in [2.45, 2.75) is 45.6 Å². The number of hydrogen-bond donors (Lipinski definition) is 1. The number of carbonyl (C=O) groups is 2. The molecule has 0 saturated carbocycles. The summed E-state index contributed by atoms with van der Waals surface area (Å²) in [7, 11) is 1.57. The number of nitrogens with one attached hydrogen (secondary N) is 1. The Morgan fingerprint density at radius 1 is 1.21 bits per heavy atom. The molecule has 2 aromatic rings. The highest BCUT2D eigenvalue weighted by Gasteiger charge is 2.28. The maximum Gasteiger partial charge on any atom is 0.341 e. The van der Waals surface area contributed by atoms with Crippen molar-refractivity contribution in [3.8, 4) is 11.5 Å². The number of esters is 1. The van der Waals surface area contributed by atoms with Crippen LogP contribution in [0.1, 0.15) is 47.5 Å². The molecule has 150 valence electrons. The molecule has 0 aliphatic heterocycles. The Morgan fingerprint density at radius 3 is 2.71 bits per heavy atom. The van der Waals surface area contributed by atoms with Gasteiger partial charge in [0.25, 0.3) is 5.91 Å². The Labute approximate surface area is 168 Å². The van der Waals surface area contributed by atoms with Crippen molar-refractivity contribution in [3.63, 3.8) is 0 Å². The van der Waals surface area contributed by atoms with Crippen LogP contribution in [-0.4, -0.2) is 31.7 Å². The lowest BCUT2D eigenvalue weighted by Crippen LogP contribution is -2.30. The average Bonchev–Trinajstić information content (AvgIpc) is 3.06. The predicted molar refractivity (Wildman–Crippen MR) is 109 cm³/mol. The molecule has 1 amide bonds. The highest BCUT2D eigenvalue weighted by molar-refractivity contribution is 7.17. The second-order valence-corrected chi connectivity index (χ2v) is 7.67. The van der Waals surface area contributed by atoms with Gasteiger partial charge in [-0.2, -0.15) is 0 Å². The molecule has 0 fully saturated rings. The average molecular weight is 404 g/mol. The molecule has 0 spiro atoms. The van der Waals surface area contributed by atoms with Gasteiger partial charge in [0.15, 0.2) is 6.10 Å². The molecule has 1 atom stereocenters. The minimum Gasteiger partial charge on any atom is -0.497 e. The zero-order valence-electron chi connectivity index (χ0n) is 16.4. The minimum atomic E-state index is -0.735. The summed E-state index contributed by atoms with van der Waals surface area (Å²) in [5.74, 6) is 0.504. The lowest BCUT2D eigenvalue weighted by Gasteiger charge is -2.15. The number of hydrogen-bond acceptors (Lipinski definition) is 6. The largest absolute Gasteiger partial charge is 0.497 e. The van der Waals surface area contributed by atoms with Crippen molar-refractivity contribution < 1.29 is 23.8 Å². The summed E-state index contributed by atoms with van der Waals surface area (Å²) in [6, 6.07) is 7.09. The van der Waals surface area contributed by atoms with Gasteiger partial charge in [-0.15, -0.1) is 11.3 Å². The Hall–Kier alpha value is -2.54. The van der Waals surface area contributed by atoms with E-state index < -0.39 is 6.10 Å². The SMILES string of the molecule is CCOC(=O)c1c(NC(=O)[C@@H](C)Oc2cccc(OC)c2)sc2c1CCCC2. The van der Waals surface area contributed by atoms with Crippen LogP contribution in [0.4, 0.5) is 5.00 Å². The number of carbonyl (C=O) groups excluding carboxylic acids is 2. The Bertz CT molecular complexity index is 860. The summed E-state index contributed by atoms with van der Waals surface area (Å²) in [5.41, 5.74) is 1.52. The van der Waals surface area contributed by atoms with Gasteiger partial charge in [-0.1, -0.05) is 6.07 Å². The van der Waals surface area contributed by atoms with E-state index in [-0.39, 0.29) is 11.9 Å². The van der Waals surface area contributed by atoms with Crippen LogP contribution in [0.3, 0.4) is 0 Å². The van der Waals surface area contributed by atoms with Crippen LogP contribution in [0.25, 0.3) is 0 Å². The third kappa shape index (κ3) is 4.47. The lowest BCUT2D eigenvalue weighted by molar-refractivity contribution is -0.122. The maximum absolute atomic E-state index is 12.7. The normalized spacial score (nSPS) is 14.0. The first-order valence-corrected chi connectivity index (χ1v) is 10.3. The fraction of sp³-hybridized carbons (Fsp3) is 0.429. The Kier molecular flexibility index (Phi) is 6.57. The van der Waals surface area contributed by atoms with Crippen molar-refractivity contribution in [2.24, 2.45) is 0 Å². The lowest BCUT2D eigenvalue weighted by atomic mass is 9.95. The monoisotopic (exact) mass is 403 g/mol. The fourth-order valence-electron chi connectivity index (χ4n) is 3.22. The topological polar surface area (TPSA) is 73.9 Å². The van der Waals surface area contributed by atoms with Crippen molar-refractivity contribution in [2.75, 3.05) is 19.0 Å². The van der Waals surface area contributed by atoms with E-state index in [1.807, 2.05) is 0 Å². The first kappa shape index (κ1) is 20.2. The summed E-state index contributed by atoms with van der Waals surface area (Å²) in [5, 5.41) is 3.43. The highest BCUT2D eigenvalue weighted by Crippen LogP contribution is 2.38. The van der Waals surface area contributed by atoms with Crippen molar-refractivity contribution >= 4 is 28.2 Å². The first-order valence-electron chi connectivity index (χ1n) is 9.46. The van der Waals surface area contributed by atoms with Gasteiger partial charge in [0.05, 0.1) is 19.3 Å². The third-order valence-corrected chi connectivity index (χ3v) is 5.82. The molecule has 1 aromatic heterocycles. The fourth-order valence-corrected chi connectivity index (χ4v) is 4.50. The van der Waals surface area contributed by atoms with Crippen LogP contribution < -0.4 is 14.8 Å². The van der Waals surface area contributed by atoms with E-state index in [0.717, 1.165) is 36.1 Å². The molecule has 0 bridgehead atoms. The summed E-state index contributed by atoms with van der Waals surface area (Å²) < 4.78 is 16.1. The second kappa shape index (κ2) is 9.10.